The van der Waals surface area contributed by atoms with E-state index in [9.17, 15) is 19.2 Å². The third-order valence-corrected chi connectivity index (χ3v) is 4.14. The minimum atomic E-state index is -0.673. The van der Waals surface area contributed by atoms with E-state index in [-0.39, 0.29) is 28.4 Å². The van der Waals surface area contributed by atoms with E-state index in [2.05, 4.69) is 0 Å². The molecule has 0 spiro atoms. The van der Waals surface area contributed by atoms with Crippen molar-refractivity contribution >= 4 is 28.9 Å². The minimum absolute atomic E-state index is 0.0486. The SMILES string of the molecule is CC(=O)Oc1ccc(-c2c(C)c3ccc(OC(C)=O)cc3oc2=O)c(OC(C)=O)c1. The van der Waals surface area contributed by atoms with Gasteiger partial charge in [0, 0.05) is 43.9 Å². The normalized spacial score (nSPS) is 10.5. The zero-order valence-electron chi connectivity index (χ0n) is 16.7. The van der Waals surface area contributed by atoms with Gasteiger partial charge in [-0.25, -0.2) is 4.79 Å². The van der Waals surface area contributed by atoms with Crippen LogP contribution in [0.15, 0.2) is 45.6 Å². The van der Waals surface area contributed by atoms with Crippen molar-refractivity contribution in [1.82, 2.24) is 0 Å². The van der Waals surface area contributed by atoms with E-state index in [0.717, 1.165) is 0 Å². The van der Waals surface area contributed by atoms with Crippen LogP contribution in [-0.4, -0.2) is 17.9 Å². The number of ether oxygens (including phenoxy) is 3. The summed E-state index contributed by atoms with van der Waals surface area (Å²) in [5.41, 5.74) is 0.634. The van der Waals surface area contributed by atoms with E-state index in [0.29, 0.717) is 16.5 Å². The molecule has 8 heteroatoms. The van der Waals surface area contributed by atoms with E-state index in [1.54, 1.807) is 19.1 Å². The van der Waals surface area contributed by atoms with E-state index in [1.807, 2.05) is 0 Å². The van der Waals surface area contributed by atoms with Crippen molar-refractivity contribution in [2.75, 3.05) is 0 Å². The Balaban J connectivity index is 2.20. The molecule has 0 unspecified atom stereocenters. The summed E-state index contributed by atoms with van der Waals surface area (Å²) in [5.74, 6) is -1.18. The van der Waals surface area contributed by atoms with Gasteiger partial charge in [-0.3, -0.25) is 14.4 Å². The van der Waals surface area contributed by atoms with Gasteiger partial charge in [0.1, 0.15) is 22.8 Å². The summed E-state index contributed by atoms with van der Waals surface area (Å²) in [5, 5.41) is 0.610. The Hall–Kier alpha value is -3.94. The lowest BCUT2D eigenvalue weighted by atomic mass is 9.98. The van der Waals surface area contributed by atoms with Crippen molar-refractivity contribution in [1.29, 1.82) is 0 Å². The van der Waals surface area contributed by atoms with Crippen LogP contribution in [0.4, 0.5) is 0 Å². The number of hydrogen-bond acceptors (Lipinski definition) is 8. The van der Waals surface area contributed by atoms with Gasteiger partial charge in [0.2, 0.25) is 0 Å². The fourth-order valence-corrected chi connectivity index (χ4v) is 3.05. The second-order valence-electron chi connectivity index (χ2n) is 6.49. The molecule has 0 N–H and O–H groups in total. The van der Waals surface area contributed by atoms with Gasteiger partial charge in [0.15, 0.2) is 0 Å². The molecule has 0 amide bonds. The summed E-state index contributed by atoms with van der Waals surface area (Å²) in [6.45, 7) is 5.45. The van der Waals surface area contributed by atoms with E-state index in [1.165, 1.54) is 45.0 Å². The maximum Gasteiger partial charge on any atom is 0.344 e. The molecule has 0 fully saturated rings. The maximum absolute atomic E-state index is 12.8. The van der Waals surface area contributed by atoms with Gasteiger partial charge in [0.25, 0.3) is 0 Å². The lowest BCUT2D eigenvalue weighted by Crippen LogP contribution is -2.10. The van der Waals surface area contributed by atoms with Crippen molar-refractivity contribution in [3.63, 3.8) is 0 Å². The van der Waals surface area contributed by atoms with Crippen LogP contribution in [0.25, 0.3) is 22.1 Å². The highest BCUT2D eigenvalue weighted by Gasteiger charge is 2.20. The molecule has 1 heterocycles. The van der Waals surface area contributed by atoms with Gasteiger partial charge < -0.3 is 18.6 Å². The molecule has 3 rings (SSSR count). The zero-order valence-corrected chi connectivity index (χ0v) is 16.7. The van der Waals surface area contributed by atoms with Crippen LogP contribution in [0.3, 0.4) is 0 Å². The van der Waals surface area contributed by atoms with Crippen LogP contribution in [0.5, 0.6) is 17.2 Å². The fraction of sp³-hybridized carbons (Fsp3) is 0.182. The Kier molecular flexibility index (Phi) is 5.68. The summed E-state index contributed by atoms with van der Waals surface area (Å²) < 4.78 is 20.7. The number of fused-ring (bicyclic) bond motifs is 1. The van der Waals surface area contributed by atoms with Gasteiger partial charge in [-0.05, 0) is 36.8 Å². The lowest BCUT2D eigenvalue weighted by molar-refractivity contribution is -0.133. The summed E-state index contributed by atoms with van der Waals surface area (Å²) in [4.78, 5) is 46.7. The van der Waals surface area contributed by atoms with Gasteiger partial charge in [-0.1, -0.05) is 0 Å². The van der Waals surface area contributed by atoms with Crippen molar-refractivity contribution in [3.05, 3.63) is 52.4 Å². The first kappa shape index (κ1) is 20.8. The Morgan fingerprint density at radius 2 is 1.37 bits per heavy atom. The summed E-state index contributed by atoms with van der Waals surface area (Å²) in [7, 11) is 0. The molecule has 0 bridgehead atoms. The Bertz CT molecular complexity index is 1240. The Labute approximate surface area is 171 Å². The molecule has 0 atom stereocenters. The largest absolute Gasteiger partial charge is 0.427 e. The first-order valence-corrected chi connectivity index (χ1v) is 8.93. The number of benzene rings is 2. The molecule has 0 aliphatic carbocycles. The summed E-state index contributed by atoms with van der Waals surface area (Å²) >= 11 is 0. The van der Waals surface area contributed by atoms with Crippen LogP contribution >= 0.6 is 0 Å². The van der Waals surface area contributed by atoms with Crippen LogP contribution in [0, 0.1) is 6.92 Å². The quantitative estimate of drug-likeness (QED) is 0.365. The average molecular weight is 410 g/mol. The molecule has 0 aliphatic heterocycles. The van der Waals surface area contributed by atoms with Crippen molar-refractivity contribution < 1.29 is 33.0 Å². The molecule has 0 saturated heterocycles. The third kappa shape index (κ3) is 4.38. The number of hydrogen-bond donors (Lipinski definition) is 0. The smallest absolute Gasteiger partial charge is 0.344 e. The van der Waals surface area contributed by atoms with Crippen LogP contribution < -0.4 is 19.8 Å². The van der Waals surface area contributed by atoms with Gasteiger partial charge in [-0.15, -0.1) is 0 Å². The molecule has 30 heavy (non-hydrogen) atoms. The Morgan fingerprint density at radius 1 is 0.800 bits per heavy atom. The Morgan fingerprint density at radius 3 is 1.97 bits per heavy atom. The van der Waals surface area contributed by atoms with Crippen molar-refractivity contribution in [2.24, 2.45) is 0 Å². The van der Waals surface area contributed by atoms with Crippen LogP contribution in [0.1, 0.15) is 26.3 Å². The van der Waals surface area contributed by atoms with Gasteiger partial charge in [0.05, 0.1) is 5.56 Å². The lowest BCUT2D eigenvalue weighted by Gasteiger charge is -2.13. The van der Waals surface area contributed by atoms with Crippen LogP contribution in [-0.2, 0) is 14.4 Å². The number of carbonyl (C=O) groups is 3. The highest BCUT2D eigenvalue weighted by molar-refractivity contribution is 5.90. The van der Waals surface area contributed by atoms with Crippen molar-refractivity contribution in [3.8, 4) is 28.4 Å². The number of esters is 3. The number of carbonyl (C=O) groups excluding carboxylic acids is 3. The minimum Gasteiger partial charge on any atom is -0.427 e. The molecule has 1 aromatic heterocycles. The molecule has 3 aromatic rings. The molecular formula is C22H18O8. The van der Waals surface area contributed by atoms with Crippen molar-refractivity contribution in [2.45, 2.75) is 27.7 Å². The monoisotopic (exact) mass is 410 g/mol. The fourth-order valence-electron chi connectivity index (χ4n) is 3.05. The molecule has 0 aliphatic rings. The summed E-state index contributed by atoms with van der Waals surface area (Å²) in [6, 6.07) is 9.04. The highest BCUT2D eigenvalue weighted by atomic mass is 16.5. The first-order valence-electron chi connectivity index (χ1n) is 8.93. The molecule has 0 radical (unpaired) electrons. The molecule has 2 aromatic carbocycles. The number of rotatable bonds is 4. The van der Waals surface area contributed by atoms with E-state index >= 15 is 0 Å². The molecule has 8 nitrogen and oxygen atoms in total. The van der Waals surface area contributed by atoms with Gasteiger partial charge in [-0.2, -0.15) is 0 Å². The van der Waals surface area contributed by atoms with E-state index in [4.69, 9.17) is 18.6 Å². The summed E-state index contributed by atoms with van der Waals surface area (Å²) in [6.07, 6.45) is 0. The predicted octanol–water partition coefficient (Wildman–Crippen LogP) is 3.54. The maximum atomic E-state index is 12.8. The van der Waals surface area contributed by atoms with Crippen LogP contribution in [0.2, 0.25) is 0 Å². The number of aryl methyl sites for hydroxylation is 1. The highest BCUT2D eigenvalue weighted by Crippen LogP contribution is 2.36. The topological polar surface area (TPSA) is 109 Å². The first-order chi connectivity index (χ1) is 14.2. The standard InChI is InChI=1S/C22H18O8/c1-11-17-7-5-15(27-12(2)23)9-19(17)30-22(26)21(11)18-8-6-16(28-13(3)24)10-20(18)29-14(4)25/h5-10H,1-4H3. The second kappa shape index (κ2) is 8.20. The molecular weight excluding hydrogens is 392 g/mol. The average Bonchev–Trinajstić information content (AvgIpc) is 2.61. The predicted molar refractivity (Wildman–Crippen MR) is 107 cm³/mol. The zero-order chi connectivity index (χ0) is 22.0. The van der Waals surface area contributed by atoms with E-state index < -0.39 is 23.5 Å². The van der Waals surface area contributed by atoms with Gasteiger partial charge >= 0.3 is 23.5 Å². The molecule has 0 saturated carbocycles. The molecule has 154 valence electrons. The second-order valence-corrected chi connectivity index (χ2v) is 6.49. The third-order valence-electron chi connectivity index (χ3n) is 4.14.